The molecule has 1 heterocycles. The van der Waals surface area contributed by atoms with Crippen molar-refractivity contribution in [2.45, 2.75) is 30.4 Å². The molecule has 3 rings (SSSR count). The molecule has 0 aromatic heterocycles. The molecule has 126 valence electrons. The Morgan fingerprint density at radius 3 is 2.08 bits per heavy atom. The largest absolute Gasteiger partial charge is 0.341 e. The second-order valence-corrected chi connectivity index (χ2v) is 8.09. The Hall–Kier alpha value is -1.74. The highest BCUT2D eigenvalue weighted by atomic mass is 32.2. The number of nitrogens with zero attached hydrogens (tertiary/aromatic N) is 1. The number of amides is 1. The molecule has 0 N–H and O–H groups in total. The van der Waals surface area contributed by atoms with E-state index < -0.39 is 0 Å². The average molecular weight is 340 g/mol. The van der Waals surface area contributed by atoms with Crippen LogP contribution in [-0.2, 0) is 4.79 Å². The van der Waals surface area contributed by atoms with Gasteiger partial charge in [0.25, 0.3) is 0 Å². The van der Waals surface area contributed by atoms with Crippen LogP contribution < -0.4 is 0 Å². The van der Waals surface area contributed by atoms with E-state index in [1.54, 1.807) is 11.8 Å². The second kappa shape index (κ2) is 7.89. The van der Waals surface area contributed by atoms with Crippen molar-refractivity contribution in [3.63, 3.8) is 0 Å². The Kier molecular flexibility index (Phi) is 5.62. The van der Waals surface area contributed by atoms with Crippen LogP contribution in [0.4, 0.5) is 0 Å². The van der Waals surface area contributed by atoms with Crippen LogP contribution in [0, 0.1) is 11.8 Å². The van der Waals surface area contributed by atoms with E-state index in [0.717, 1.165) is 23.5 Å². The molecule has 3 atom stereocenters. The average Bonchev–Trinajstić information content (AvgIpc) is 2.60. The number of rotatable bonds is 4. The molecule has 2 nitrogen and oxygen atoms in total. The molecule has 1 saturated heterocycles. The smallest absolute Gasteiger partial charge is 0.240 e. The molecule has 2 aromatic rings. The van der Waals surface area contributed by atoms with E-state index in [2.05, 4.69) is 43.0 Å². The summed E-state index contributed by atoms with van der Waals surface area (Å²) < 4.78 is 0. The van der Waals surface area contributed by atoms with Gasteiger partial charge in [-0.05, 0) is 36.0 Å². The summed E-state index contributed by atoms with van der Waals surface area (Å²) in [5.41, 5.74) is 1.09. The zero-order valence-electron chi connectivity index (χ0n) is 14.4. The fourth-order valence-electron chi connectivity index (χ4n) is 3.53. The van der Waals surface area contributed by atoms with E-state index in [-0.39, 0.29) is 11.2 Å². The first-order valence-corrected chi connectivity index (χ1v) is 9.57. The summed E-state index contributed by atoms with van der Waals surface area (Å²) in [6.45, 7) is 6.25. The van der Waals surface area contributed by atoms with E-state index in [1.165, 1.54) is 6.42 Å². The van der Waals surface area contributed by atoms with E-state index in [9.17, 15) is 4.79 Å². The summed E-state index contributed by atoms with van der Waals surface area (Å²) in [5.74, 6) is 1.40. The Bertz CT molecular complexity index is 648. The monoisotopic (exact) mass is 339 g/mol. The molecule has 0 unspecified atom stereocenters. The molecule has 2 aromatic carbocycles. The maximum absolute atomic E-state index is 13.3. The highest BCUT2D eigenvalue weighted by Crippen LogP contribution is 2.37. The minimum atomic E-state index is -0.175. The Morgan fingerprint density at radius 1 is 0.958 bits per heavy atom. The molecule has 0 saturated carbocycles. The first-order valence-electron chi connectivity index (χ1n) is 8.69. The van der Waals surface area contributed by atoms with E-state index >= 15 is 0 Å². The number of likely N-dealkylation sites (tertiary alicyclic amines) is 1. The number of carbonyl (C=O) groups excluding carboxylic acids is 1. The highest BCUT2D eigenvalue weighted by molar-refractivity contribution is 8.00. The van der Waals surface area contributed by atoms with Gasteiger partial charge in [-0.3, -0.25) is 4.79 Å². The van der Waals surface area contributed by atoms with Crippen molar-refractivity contribution in [1.29, 1.82) is 0 Å². The number of carbonyl (C=O) groups is 1. The van der Waals surface area contributed by atoms with Crippen molar-refractivity contribution in [1.82, 2.24) is 4.90 Å². The van der Waals surface area contributed by atoms with Crippen molar-refractivity contribution >= 4 is 17.7 Å². The van der Waals surface area contributed by atoms with Crippen molar-refractivity contribution in [2.24, 2.45) is 11.8 Å². The number of benzene rings is 2. The fourth-order valence-corrected chi connectivity index (χ4v) is 4.66. The van der Waals surface area contributed by atoms with Crippen LogP contribution in [0.5, 0.6) is 0 Å². The molecule has 24 heavy (non-hydrogen) atoms. The Labute approximate surface area is 149 Å². The lowest BCUT2D eigenvalue weighted by molar-refractivity contribution is -0.133. The van der Waals surface area contributed by atoms with Gasteiger partial charge in [0.05, 0.1) is 0 Å². The zero-order valence-corrected chi connectivity index (χ0v) is 15.2. The quantitative estimate of drug-likeness (QED) is 0.729. The maximum atomic E-state index is 13.3. The third-order valence-corrected chi connectivity index (χ3v) is 5.76. The molecule has 1 aliphatic rings. The third-order valence-electron chi connectivity index (χ3n) is 4.50. The summed E-state index contributed by atoms with van der Waals surface area (Å²) in [4.78, 5) is 16.5. The number of thioether (sulfide) groups is 1. The van der Waals surface area contributed by atoms with Crippen LogP contribution in [0.15, 0.2) is 65.6 Å². The first-order chi connectivity index (χ1) is 11.6. The molecule has 0 aliphatic carbocycles. The van der Waals surface area contributed by atoms with Crippen LogP contribution in [0.2, 0.25) is 0 Å². The fraction of sp³-hybridized carbons (Fsp3) is 0.381. The molecule has 0 bridgehead atoms. The highest BCUT2D eigenvalue weighted by Gasteiger charge is 2.31. The van der Waals surface area contributed by atoms with E-state index in [4.69, 9.17) is 0 Å². The van der Waals surface area contributed by atoms with Crippen LogP contribution in [0.3, 0.4) is 0 Å². The van der Waals surface area contributed by atoms with E-state index in [0.29, 0.717) is 11.8 Å². The molecule has 1 amide bonds. The Morgan fingerprint density at radius 2 is 1.50 bits per heavy atom. The summed E-state index contributed by atoms with van der Waals surface area (Å²) in [5, 5.41) is -0.175. The number of hydrogen-bond acceptors (Lipinski definition) is 2. The van der Waals surface area contributed by atoms with Crippen LogP contribution >= 0.6 is 11.8 Å². The molecule has 3 heteroatoms. The SMILES string of the molecule is C[C@H]1C[C@H](C)CN(C(=O)[C@H](Sc2ccccc2)c2ccccc2)C1. The molecule has 1 fully saturated rings. The molecular weight excluding hydrogens is 314 g/mol. The lowest BCUT2D eigenvalue weighted by Crippen LogP contribution is -2.44. The normalized spacial score (nSPS) is 22.2. The minimum absolute atomic E-state index is 0.175. The zero-order chi connectivity index (χ0) is 16.9. The second-order valence-electron chi connectivity index (χ2n) is 6.91. The predicted molar refractivity (Wildman–Crippen MR) is 101 cm³/mol. The van der Waals surface area contributed by atoms with Crippen molar-refractivity contribution in [3.05, 3.63) is 66.2 Å². The summed E-state index contributed by atoms with van der Waals surface area (Å²) in [7, 11) is 0. The van der Waals surface area contributed by atoms with Crippen molar-refractivity contribution < 1.29 is 4.79 Å². The van der Waals surface area contributed by atoms with Crippen LogP contribution in [0.1, 0.15) is 31.1 Å². The summed E-state index contributed by atoms with van der Waals surface area (Å²) >= 11 is 1.65. The van der Waals surface area contributed by atoms with Crippen LogP contribution in [-0.4, -0.2) is 23.9 Å². The van der Waals surface area contributed by atoms with Gasteiger partial charge in [-0.2, -0.15) is 0 Å². The lowest BCUT2D eigenvalue weighted by Gasteiger charge is -2.37. The van der Waals surface area contributed by atoms with Crippen molar-refractivity contribution in [2.75, 3.05) is 13.1 Å². The maximum Gasteiger partial charge on any atom is 0.240 e. The molecular formula is C21H25NOS. The summed E-state index contributed by atoms with van der Waals surface area (Å²) in [6.07, 6.45) is 1.21. The molecule has 0 radical (unpaired) electrons. The Balaban J connectivity index is 1.85. The predicted octanol–water partition coefficient (Wildman–Crippen LogP) is 5.02. The van der Waals surface area contributed by atoms with E-state index in [1.807, 2.05) is 36.4 Å². The van der Waals surface area contributed by atoms with Gasteiger partial charge in [-0.1, -0.05) is 62.4 Å². The minimum Gasteiger partial charge on any atom is -0.341 e. The van der Waals surface area contributed by atoms with Crippen molar-refractivity contribution in [3.8, 4) is 0 Å². The summed E-state index contributed by atoms with van der Waals surface area (Å²) in [6, 6.07) is 20.4. The molecule has 0 spiro atoms. The lowest BCUT2D eigenvalue weighted by atomic mass is 9.91. The standard InChI is InChI=1S/C21H25NOS/c1-16-13-17(2)15-22(14-16)21(23)20(18-9-5-3-6-10-18)24-19-11-7-4-8-12-19/h3-12,16-17,20H,13-15H2,1-2H3/t16-,17-,20+/m0/s1. The van der Waals surface area contributed by atoms with Gasteiger partial charge < -0.3 is 4.90 Å². The molecule has 1 aliphatic heterocycles. The van der Waals surface area contributed by atoms with Gasteiger partial charge in [0.2, 0.25) is 5.91 Å². The van der Waals surface area contributed by atoms with Gasteiger partial charge in [0, 0.05) is 18.0 Å². The first kappa shape index (κ1) is 17.1. The number of piperidine rings is 1. The number of hydrogen-bond donors (Lipinski definition) is 0. The van der Waals surface area contributed by atoms with Gasteiger partial charge in [-0.15, -0.1) is 11.8 Å². The van der Waals surface area contributed by atoms with Gasteiger partial charge in [0.15, 0.2) is 0 Å². The van der Waals surface area contributed by atoms with Gasteiger partial charge in [0.1, 0.15) is 5.25 Å². The third kappa shape index (κ3) is 4.21. The van der Waals surface area contributed by atoms with Crippen LogP contribution in [0.25, 0.3) is 0 Å². The van der Waals surface area contributed by atoms with Gasteiger partial charge >= 0.3 is 0 Å². The topological polar surface area (TPSA) is 20.3 Å². The van der Waals surface area contributed by atoms with Gasteiger partial charge in [-0.25, -0.2) is 0 Å².